The molecular weight excluding hydrogens is 192 g/mol. The second-order valence-electron chi connectivity index (χ2n) is 2.27. The molecule has 1 nitrogen and oxygen atoms in total. The van der Waals surface area contributed by atoms with Gasteiger partial charge in [0.25, 0.3) is 0 Å². The number of aliphatic hydroxyl groups is 1. The van der Waals surface area contributed by atoms with Crippen LogP contribution in [0.1, 0.15) is 26.2 Å². The minimum Gasteiger partial charge on any atom is -0.379 e. The highest BCUT2D eigenvalue weighted by Crippen LogP contribution is 2.13. The average Bonchev–Trinajstić information content (AvgIpc) is 1.98. The number of unbranched alkanes of at least 4 members (excludes halogenated alkanes) is 1. The Balaban J connectivity index is 3.43. The molecule has 0 saturated carbocycles. The topological polar surface area (TPSA) is 20.2 Å². The fraction of sp³-hybridized carbons (Fsp3) is 0.750. The predicted octanol–water partition coefficient (Wildman–Crippen LogP) is 1.93. The highest BCUT2D eigenvalue weighted by molar-refractivity contribution is 9.09. The third-order valence-corrected chi connectivity index (χ3v) is 2.31. The number of rotatable bonds is 4. The number of hydrogen-bond donors (Lipinski definition) is 1. The van der Waals surface area contributed by atoms with Gasteiger partial charge in [0.1, 0.15) is 6.10 Å². The molecule has 0 aromatic rings. The van der Waals surface area contributed by atoms with E-state index in [0.29, 0.717) is 0 Å². The van der Waals surface area contributed by atoms with Crippen molar-refractivity contribution in [2.24, 2.45) is 0 Å². The standard InChI is InChI=1S/C8H13BrO/c1-3-5-6-7(9)8(10)4-2/h2,7-8,10H,3,5-6H2,1H3. The molecule has 0 amide bonds. The molecule has 58 valence electrons. The zero-order chi connectivity index (χ0) is 7.98. The lowest BCUT2D eigenvalue weighted by Crippen LogP contribution is -2.17. The van der Waals surface area contributed by atoms with Gasteiger partial charge in [-0.15, -0.1) is 6.42 Å². The molecular formula is C8H13BrO. The smallest absolute Gasteiger partial charge is 0.126 e. The zero-order valence-electron chi connectivity index (χ0n) is 6.18. The molecule has 10 heavy (non-hydrogen) atoms. The van der Waals surface area contributed by atoms with Crippen LogP contribution in [-0.4, -0.2) is 16.0 Å². The highest BCUT2D eigenvalue weighted by atomic mass is 79.9. The van der Waals surface area contributed by atoms with Gasteiger partial charge in [0.05, 0.1) is 4.83 Å². The van der Waals surface area contributed by atoms with Crippen LogP contribution in [-0.2, 0) is 0 Å². The van der Waals surface area contributed by atoms with Gasteiger partial charge in [0.15, 0.2) is 0 Å². The van der Waals surface area contributed by atoms with Gasteiger partial charge in [-0.05, 0) is 6.42 Å². The summed E-state index contributed by atoms with van der Waals surface area (Å²) in [5, 5.41) is 9.07. The molecule has 0 fully saturated rings. The van der Waals surface area contributed by atoms with Gasteiger partial charge >= 0.3 is 0 Å². The van der Waals surface area contributed by atoms with E-state index in [1.165, 1.54) is 0 Å². The first-order chi connectivity index (χ1) is 4.72. The molecule has 0 aliphatic carbocycles. The summed E-state index contributed by atoms with van der Waals surface area (Å²) in [5.41, 5.74) is 0. The van der Waals surface area contributed by atoms with E-state index < -0.39 is 6.10 Å². The largest absolute Gasteiger partial charge is 0.379 e. The quantitative estimate of drug-likeness (QED) is 0.549. The van der Waals surface area contributed by atoms with E-state index in [1.54, 1.807) is 0 Å². The third-order valence-electron chi connectivity index (χ3n) is 1.35. The second kappa shape index (κ2) is 5.76. The van der Waals surface area contributed by atoms with Gasteiger partial charge < -0.3 is 5.11 Å². The molecule has 0 bridgehead atoms. The fourth-order valence-electron chi connectivity index (χ4n) is 0.661. The van der Waals surface area contributed by atoms with Crippen molar-refractivity contribution in [1.82, 2.24) is 0 Å². The Kier molecular flexibility index (Phi) is 5.76. The lowest BCUT2D eigenvalue weighted by Gasteiger charge is -2.10. The Morgan fingerprint density at radius 3 is 2.70 bits per heavy atom. The van der Waals surface area contributed by atoms with Crippen molar-refractivity contribution in [1.29, 1.82) is 0 Å². The highest BCUT2D eigenvalue weighted by Gasteiger charge is 2.11. The van der Waals surface area contributed by atoms with Crippen LogP contribution < -0.4 is 0 Å². The molecule has 1 N–H and O–H groups in total. The molecule has 0 aliphatic heterocycles. The number of aliphatic hydroxyl groups excluding tert-OH is 1. The summed E-state index contributed by atoms with van der Waals surface area (Å²) in [6.07, 6.45) is 7.57. The molecule has 0 heterocycles. The number of hydrogen-bond acceptors (Lipinski definition) is 1. The van der Waals surface area contributed by atoms with Crippen LogP contribution in [0, 0.1) is 12.3 Å². The first-order valence-electron chi connectivity index (χ1n) is 3.50. The van der Waals surface area contributed by atoms with Gasteiger partial charge in [-0.25, -0.2) is 0 Å². The Bertz CT molecular complexity index is 117. The summed E-state index contributed by atoms with van der Waals surface area (Å²) >= 11 is 3.31. The maximum atomic E-state index is 9.07. The van der Waals surface area contributed by atoms with Crippen molar-refractivity contribution in [2.75, 3.05) is 0 Å². The van der Waals surface area contributed by atoms with Crippen molar-refractivity contribution in [3.05, 3.63) is 0 Å². The number of terminal acetylenes is 1. The van der Waals surface area contributed by atoms with Crippen molar-refractivity contribution < 1.29 is 5.11 Å². The van der Waals surface area contributed by atoms with E-state index in [-0.39, 0.29) is 4.83 Å². The first-order valence-corrected chi connectivity index (χ1v) is 4.42. The summed E-state index contributed by atoms with van der Waals surface area (Å²) in [6, 6.07) is 0. The monoisotopic (exact) mass is 204 g/mol. The lowest BCUT2D eigenvalue weighted by atomic mass is 10.1. The molecule has 2 unspecified atom stereocenters. The van der Waals surface area contributed by atoms with Crippen molar-refractivity contribution in [3.8, 4) is 12.3 Å². The van der Waals surface area contributed by atoms with E-state index in [9.17, 15) is 0 Å². The molecule has 2 heteroatoms. The van der Waals surface area contributed by atoms with Crippen LogP contribution in [0.25, 0.3) is 0 Å². The summed E-state index contributed by atoms with van der Waals surface area (Å²) in [7, 11) is 0. The van der Waals surface area contributed by atoms with E-state index in [2.05, 4.69) is 28.8 Å². The molecule has 0 aliphatic rings. The second-order valence-corrected chi connectivity index (χ2v) is 3.45. The SMILES string of the molecule is C#CC(O)C(Br)CCCC. The van der Waals surface area contributed by atoms with Crippen LogP contribution in [0.2, 0.25) is 0 Å². The van der Waals surface area contributed by atoms with Crippen LogP contribution in [0.5, 0.6) is 0 Å². The summed E-state index contributed by atoms with van der Waals surface area (Å²) in [6.45, 7) is 2.11. The third kappa shape index (κ3) is 3.92. The first kappa shape index (κ1) is 10.0. The van der Waals surface area contributed by atoms with Gasteiger partial charge in [0, 0.05) is 0 Å². The molecule has 0 aromatic carbocycles. The summed E-state index contributed by atoms with van der Waals surface area (Å²) in [5.74, 6) is 2.28. The minimum atomic E-state index is -0.633. The minimum absolute atomic E-state index is 0.0671. The lowest BCUT2D eigenvalue weighted by molar-refractivity contribution is 0.226. The maximum Gasteiger partial charge on any atom is 0.126 e. The van der Waals surface area contributed by atoms with Crippen LogP contribution >= 0.6 is 15.9 Å². The van der Waals surface area contributed by atoms with Crippen LogP contribution in [0.4, 0.5) is 0 Å². The number of alkyl halides is 1. The van der Waals surface area contributed by atoms with Gasteiger partial charge in [-0.1, -0.05) is 41.6 Å². The molecule has 2 atom stereocenters. The maximum absolute atomic E-state index is 9.07. The van der Waals surface area contributed by atoms with E-state index in [0.717, 1.165) is 19.3 Å². The number of halogens is 1. The van der Waals surface area contributed by atoms with E-state index in [4.69, 9.17) is 11.5 Å². The summed E-state index contributed by atoms with van der Waals surface area (Å²) < 4.78 is 0. The van der Waals surface area contributed by atoms with E-state index in [1.807, 2.05) is 0 Å². The van der Waals surface area contributed by atoms with E-state index >= 15 is 0 Å². The predicted molar refractivity (Wildman–Crippen MR) is 47.1 cm³/mol. The van der Waals surface area contributed by atoms with Gasteiger partial charge in [-0.2, -0.15) is 0 Å². The van der Waals surface area contributed by atoms with Crippen LogP contribution in [0.3, 0.4) is 0 Å². The molecule has 0 rings (SSSR count). The molecule has 0 radical (unpaired) electrons. The molecule has 0 aromatic heterocycles. The Hall–Kier alpha value is 0. The Labute approximate surface area is 71.0 Å². The van der Waals surface area contributed by atoms with Gasteiger partial charge in [-0.3, -0.25) is 0 Å². The Morgan fingerprint density at radius 1 is 1.70 bits per heavy atom. The zero-order valence-corrected chi connectivity index (χ0v) is 7.76. The van der Waals surface area contributed by atoms with Gasteiger partial charge in [0.2, 0.25) is 0 Å². The van der Waals surface area contributed by atoms with Crippen molar-refractivity contribution in [2.45, 2.75) is 37.1 Å². The fourth-order valence-corrected chi connectivity index (χ4v) is 1.14. The summed E-state index contributed by atoms with van der Waals surface area (Å²) in [4.78, 5) is 0.0671. The normalized spacial score (nSPS) is 15.8. The van der Waals surface area contributed by atoms with Crippen LogP contribution in [0.15, 0.2) is 0 Å². The van der Waals surface area contributed by atoms with Crippen molar-refractivity contribution >= 4 is 15.9 Å². The van der Waals surface area contributed by atoms with Crippen molar-refractivity contribution in [3.63, 3.8) is 0 Å². The average molecular weight is 205 g/mol. The molecule has 0 spiro atoms. The molecule has 0 saturated heterocycles. The Morgan fingerprint density at radius 2 is 2.30 bits per heavy atom.